The van der Waals surface area contributed by atoms with Crippen molar-refractivity contribution in [1.82, 2.24) is 25.4 Å². The molecule has 0 spiro atoms. The molecule has 0 bridgehead atoms. The number of fused-ring (bicyclic) bond motifs is 1. The van der Waals surface area contributed by atoms with E-state index in [0.717, 1.165) is 56.4 Å². The molecule has 166 valence electrons. The zero-order valence-corrected chi connectivity index (χ0v) is 20.8. The van der Waals surface area contributed by atoms with Crippen LogP contribution in [0.1, 0.15) is 35.7 Å². The van der Waals surface area contributed by atoms with E-state index in [9.17, 15) is 0 Å². The molecule has 3 heterocycles. The number of aromatic nitrogens is 3. The zero-order valence-electron chi connectivity index (χ0n) is 17.7. The largest absolute Gasteiger partial charge is 0.493 e. The number of halogens is 1. The standard InChI is InChI=1S/C22H28N6OS.HI/c1-2-21-27-25-16-28(21)13-12-24-22(23-11-9-17-6-5-15-30-17)26-19-10-14-29-20-8-4-3-7-18(19)20;/h3-8,15-16,19H,2,9-14H2,1H3,(H2,23,24,26);1H. The third kappa shape index (κ3) is 6.42. The van der Waals surface area contributed by atoms with Gasteiger partial charge >= 0.3 is 0 Å². The van der Waals surface area contributed by atoms with Gasteiger partial charge in [0, 0.05) is 49.3 Å². The summed E-state index contributed by atoms with van der Waals surface area (Å²) in [7, 11) is 0. The minimum Gasteiger partial charge on any atom is -0.493 e. The number of nitrogens with zero attached hydrogens (tertiary/aromatic N) is 4. The van der Waals surface area contributed by atoms with Gasteiger partial charge in [-0.1, -0.05) is 31.2 Å². The Morgan fingerprint density at radius 1 is 1.29 bits per heavy atom. The molecule has 4 rings (SSSR count). The predicted octanol–water partition coefficient (Wildman–Crippen LogP) is 3.82. The second-order valence-electron chi connectivity index (χ2n) is 7.15. The number of nitrogens with one attached hydrogen (secondary N) is 2. The minimum atomic E-state index is 0. The molecule has 2 aromatic heterocycles. The third-order valence-corrected chi connectivity index (χ3v) is 6.07. The SMILES string of the molecule is CCc1nncn1CCNC(=NCCc1cccs1)NC1CCOc2ccccc21.I. The molecule has 1 aliphatic rings. The Hall–Kier alpha value is -2.14. The molecule has 3 aromatic rings. The van der Waals surface area contributed by atoms with Crippen molar-refractivity contribution in [2.24, 2.45) is 4.99 Å². The average molecular weight is 552 g/mol. The molecule has 0 saturated heterocycles. The van der Waals surface area contributed by atoms with Crippen LogP contribution in [0.4, 0.5) is 0 Å². The van der Waals surface area contributed by atoms with Gasteiger partial charge in [-0.2, -0.15) is 0 Å². The second kappa shape index (κ2) is 12.0. The molecule has 0 fully saturated rings. The number of thiophene rings is 1. The van der Waals surface area contributed by atoms with Crippen molar-refractivity contribution in [2.75, 3.05) is 19.7 Å². The Morgan fingerprint density at radius 2 is 2.19 bits per heavy atom. The summed E-state index contributed by atoms with van der Waals surface area (Å²) in [6, 6.07) is 12.7. The van der Waals surface area contributed by atoms with Crippen molar-refractivity contribution in [3.63, 3.8) is 0 Å². The number of rotatable bonds is 8. The lowest BCUT2D eigenvalue weighted by molar-refractivity contribution is 0.261. The summed E-state index contributed by atoms with van der Waals surface area (Å²) in [5, 5.41) is 17.4. The highest BCUT2D eigenvalue weighted by Crippen LogP contribution is 2.31. The monoisotopic (exact) mass is 552 g/mol. The first kappa shape index (κ1) is 23.5. The van der Waals surface area contributed by atoms with Crippen molar-refractivity contribution in [2.45, 2.75) is 38.8 Å². The molecule has 1 aromatic carbocycles. The summed E-state index contributed by atoms with van der Waals surface area (Å²) in [4.78, 5) is 6.20. The fourth-order valence-corrected chi connectivity index (χ4v) is 4.27. The minimum absolute atomic E-state index is 0. The van der Waals surface area contributed by atoms with E-state index >= 15 is 0 Å². The molecule has 7 nitrogen and oxygen atoms in total. The van der Waals surface area contributed by atoms with Crippen LogP contribution >= 0.6 is 35.3 Å². The van der Waals surface area contributed by atoms with Crippen LogP contribution in [0.5, 0.6) is 5.75 Å². The van der Waals surface area contributed by atoms with Crippen LogP contribution in [0, 0.1) is 0 Å². The smallest absolute Gasteiger partial charge is 0.191 e. The lowest BCUT2D eigenvalue weighted by Gasteiger charge is -2.28. The summed E-state index contributed by atoms with van der Waals surface area (Å²) >= 11 is 1.78. The zero-order chi connectivity index (χ0) is 20.6. The van der Waals surface area contributed by atoms with Gasteiger partial charge in [-0.25, -0.2) is 0 Å². The van der Waals surface area contributed by atoms with E-state index in [1.807, 2.05) is 12.1 Å². The van der Waals surface area contributed by atoms with E-state index in [-0.39, 0.29) is 30.0 Å². The number of benzene rings is 1. The molecule has 1 unspecified atom stereocenters. The van der Waals surface area contributed by atoms with Crippen LogP contribution in [-0.2, 0) is 19.4 Å². The number of aliphatic imine (C=N–C) groups is 1. The first-order valence-corrected chi connectivity index (χ1v) is 11.4. The van der Waals surface area contributed by atoms with Gasteiger partial charge in [0.2, 0.25) is 0 Å². The van der Waals surface area contributed by atoms with E-state index in [0.29, 0.717) is 6.61 Å². The number of para-hydroxylation sites is 1. The van der Waals surface area contributed by atoms with Crippen molar-refractivity contribution in [1.29, 1.82) is 0 Å². The molecule has 0 saturated carbocycles. The maximum absolute atomic E-state index is 5.80. The third-order valence-electron chi connectivity index (χ3n) is 5.13. The topological polar surface area (TPSA) is 76.4 Å². The molecule has 2 N–H and O–H groups in total. The van der Waals surface area contributed by atoms with Gasteiger partial charge in [-0.15, -0.1) is 45.5 Å². The Labute approximate surface area is 204 Å². The Bertz CT molecular complexity index is 959. The number of guanidine groups is 1. The fourth-order valence-electron chi connectivity index (χ4n) is 3.58. The number of aryl methyl sites for hydroxylation is 1. The van der Waals surface area contributed by atoms with Crippen LogP contribution in [0.2, 0.25) is 0 Å². The summed E-state index contributed by atoms with van der Waals surface area (Å²) in [5.41, 5.74) is 1.18. The highest BCUT2D eigenvalue weighted by molar-refractivity contribution is 14.0. The van der Waals surface area contributed by atoms with E-state index in [4.69, 9.17) is 9.73 Å². The van der Waals surface area contributed by atoms with Crippen LogP contribution in [0.25, 0.3) is 0 Å². The quantitative estimate of drug-likeness (QED) is 0.253. The molecule has 31 heavy (non-hydrogen) atoms. The van der Waals surface area contributed by atoms with Gasteiger partial charge in [0.15, 0.2) is 5.96 Å². The first-order chi connectivity index (χ1) is 14.8. The van der Waals surface area contributed by atoms with Crippen LogP contribution in [0.3, 0.4) is 0 Å². The molecular formula is C22H29IN6OS. The van der Waals surface area contributed by atoms with Crippen molar-refractivity contribution < 1.29 is 4.74 Å². The fraction of sp³-hybridized carbons (Fsp3) is 0.409. The molecule has 9 heteroatoms. The maximum atomic E-state index is 5.80. The van der Waals surface area contributed by atoms with Crippen molar-refractivity contribution in [3.05, 3.63) is 64.4 Å². The number of ether oxygens (including phenoxy) is 1. The molecule has 1 atom stereocenters. The summed E-state index contributed by atoms with van der Waals surface area (Å²) < 4.78 is 7.89. The molecule has 0 amide bonds. The van der Waals surface area contributed by atoms with Gasteiger partial charge in [-0.3, -0.25) is 4.99 Å². The molecule has 0 aliphatic carbocycles. The van der Waals surface area contributed by atoms with E-state index < -0.39 is 0 Å². The summed E-state index contributed by atoms with van der Waals surface area (Å²) in [6.07, 6.45) is 4.52. The normalized spacial score (nSPS) is 15.5. The van der Waals surface area contributed by atoms with Crippen LogP contribution in [-0.4, -0.2) is 40.4 Å². The van der Waals surface area contributed by atoms with E-state index in [1.54, 1.807) is 17.7 Å². The number of hydrogen-bond donors (Lipinski definition) is 2. The molecule has 1 aliphatic heterocycles. The molecular weight excluding hydrogens is 523 g/mol. The maximum Gasteiger partial charge on any atom is 0.191 e. The lowest BCUT2D eigenvalue weighted by atomic mass is 10.0. The average Bonchev–Trinajstić information content (AvgIpc) is 3.45. The lowest BCUT2D eigenvalue weighted by Crippen LogP contribution is -2.42. The van der Waals surface area contributed by atoms with Gasteiger partial charge in [0.1, 0.15) is 17.9 Å². The second-order valence-corrected chi connectivity index (χ2v) is 8.18. The Balaban J connectivity index is 0.00000272. The van der Waals surface area contributed by atoms with Gasteiger partial charge in [-0.05, 0) is 17.5 Å². The first-order valence-electron chi connectivity index (χ1n) is 10.5. The van der Waals surface area contributed by atoms with Gasteiger partial charge in [0.05, 0.1) is 12.6 Å². The highest BCUT2D eigenvalue weighted by Gasteiger charge is 2.21. The highest BCUT2D eigenvalue weighted by atomic mass is 127. The Kier molecular flexibility index (Phi) is 9.13. The van der Waals surface area contributed by atoms with Crippen LogP contribution in [0.15, 0.2) is 53.1 Å². The van der Waals surface area contributed by atoms with Crippen molar-refractivity contribution >= 4 is 41.3 Å². The summed E-state index contributed by atoms with van der Waals surface area (Å²) in [5.74, 6) is 2.79. The van der Waals surface area contributed by atoms with Gasteiger partial charge in [0.25, 0.3) is 0 Å². The van der Waals surface area contributed by atoms with Gasteiger partial charge < -0.3 is 19.9 Å². The predicted molar refractivity (Wildman–Crippen MR) is 136 cm³/mol. The van der Waals surface area contributed by atoms with Crippen molar-refractivity contribution in [3.8, 4) is 5.75 Å². The Morgan fingerprint density at radius 3 is 3.03 bits per heavy atom. The van der Waals surface area contributed by atoms with E-state index in [2.05, 4.69) is 62.0 Å². The van der Waals surface area contributed by atoms with E-state index in [1.165, 1.54) is 10.4 Å². The number of hydrogen-bond acceptors (Lipinski definition) is 5. The van der Waals surface area contributed by atoms with Crippen LogP contribution < -0.4 is 15.4 Å². The summed E-state index contributed by atoms with van der Waals surface area (Å²) in [6.45, 7) is 5.09. The molecule has 0 radical (unpaired) electrons.